The van der Waals surface area contributed by atoms with E-state index in [1.165, 1.54) is 17.8 Å². The lowest BCUT2D eigenvalue weighted by atomic mass is 10.1. The van der Waals surface area contributed by atoms with Crippen LogP contribution in [0.15, 0.2) is 30.3 Å². The van der Waals surface area contributed by atoms with Crippen LogP contribution >= 0.6 is 11.3 Å². The Labute approximate surface area is 169 Å². The molecule has 2 aromatic rings. The highest BCUT2D eigenvalue weighted by Crippen LogP contribution is 2.25. The molecule has 28 heavy (non-hydrogen) atoms. The van der Waals surface area contributed by atoms with E-state index in [1.54, 1.807) is 0 Å². The molecule has 0 atom stereocenters. The molecule has 0 bridgehead atoms. The molecule has 1 aromatic carbocycles. The lowest BCUT2D eigenvalue weighted by molar-refractivity contribution is 0.0723. The molecule has 0 saturated carbocycles. The summed E-state index contributed by atoms with van der Waals surface area (Å²) < 4.78 is 0. The Kier molecular flexibility index (Phi) is 5.90. The number of carbonyl (C=O) groups is 2. The van der Waals surface area contributed by atoms with Crippen molar-refractivity contribution in [3.05, 3.63) is 51.5 Å². The van der Waals surface area contributed by atoms with E-state index in [1.807, 2.05) is 40.1 Å². The van der Waals surface area contributed by atoms with Gasteiger partial charge in [0.05, 0.1) is 5.69 Å². The first-order valence-corrected chi connectivity index (χ1v) is 10.9. The molecule has 0 aliphatic carbocycles. The van der Waals surface area contributed by atoms with E-state index < -0.39 is 0 Å². The highest BCUT2D eigenvalue weighted by atomic mass is 32.1. The Morgan fingerprint density at radius 2 is 1.71 bits per heavy atom. The number of hydrogen-bond donors (Lipinski definition) is 1. The second-order valence-corrected chi connectivity index (χ2v) is 8.46. The number of thiazole rings is 1. The minimum absolute atomic E-state index is 0.0383. The summed E-state index contributed by atoms with van der Waals surface area (Å²) in [6.45, 7) is 3.52. The van der Waals surface area contributed by atoms with E-state index in [0.29, 0.717) is 31.1 Å². The fraction of sp³-hybridized carbons (Fsp3) is 0.476. The molecule has 0 unspecified atom stereocenters. The molecular formula is C21H26N4O2S. The van der Waals surface area contributed by atoms with E-state index >= 15 is 0 Å². The largest absolute Gasteiger partial charge is 0.337 e. The summed E-state index contributed by atoms with van der Waals surface area (Å²) >= 11 is 1.51. The van der Waals surface area contributed by atoms with Gasteiger partial charge in [-0.1, -0.05) is 30.3 Å². The summed E-state index contributed by atoms with van der Waals surface area (Å²) in [6, 6.07) is 9.88. The van der Waals surface area contributed by atoms with E-state index in [4.69, 9.17) is 0 Å². The third-order valence-electron chi connectivity index (χ3n) is 5.41. The molecule has 1 aromatic heterocycles. The van der Waals surface area contributed by atoms with Crippen molar-refractivity contribution >= 4 is 23.3 Å². The molecule has 1 saturated heterocycles. The van der Waals surface area contributed by atoms with Crippen LogP contribution in [0, 0.1) is 0 Å². The van der Waals surface area contributed by atoms with Crippen LogP contribution in [0.5, 0.6) is 0 Å². The Morgan fingerprint density at radius 1 is 0.964 bits per heavy atom. The second kappa shape index (κ2) is 8.73. The first-order chi connectivity index (χ1) is 13.7. The van der Waals surface area contributed by atoms with Gasteiger partial charge in [-0.2, -0.15) is 0 Å². The van der Waals surface area contributed by atoms with Gasteiger partial charge in [0.25, 0.3) is 5.91 Å². The third-order valence-corrected chi connectivity index (χ3v) is 6.55. The molecule has 2 aliphatic rings. The highest BCUT2D eigenvalue weighted by molar-refractivity contribution is 7.13. The monoisotopic (exact) mass is 398 g/mol. The van der Waals surface area contributed by atoms with Gasteiger partial charge in [-0.3, -0.25) is 4.79 Å². The highest BCUT2D eigenvalue weighted by Gasteiger charge is 2.26. The summed E-state index contributed by atoms with van der Waals surface area (Å²) in [5, 5.41) is 3.62. The van der Waals surface area contributed by atoms with Crippen molar-refractivity contribution in [2.24, 2.45) is 0 Å². The summed E-state index contributed by atoms with van der Waals surface area (Å²) in [4.78, 5) is 34.8. The van der Waals surface area contributed by atoms with Crippen LogP contribution in [-0.4, -0.2) is 52.9 Å². The molecule has 0 spiro atoms. The maximum absolute atomic E-state index is 12.7. The van der Waals surface area contributed by atoms with E-state index in [2.05, 4.69) is 10.3 Å². The smallest absolute Gasteiger partial charge is 0.317 e. The maximum Gasteiger partial charge on any atom is 0.317 e. The second-order valence-electron chi connectivity index (χ2n) is 7.37. The van der Waals surface area contributed by atoms with Gasteiger partial charge in [0.2, 0.25) is 0 Å². The molecule has 6 nitrogen and oxygen atoms in total. The molecule has 2 aliphatic heterocycles. The zero-order valence-corrected chi connectivity index (χ0v) is 16.8. The van der Waals surface area contributed by atoms with E-state index in [0.717, 1.165) is 48.5 Å². The Morgan fingerprint density at radius 3 is 2.50 bits per heavy atom. The molecule has 3 amide bonds. The number of amides is 3. The van der Waals surface area contributed by atoms with Gasteiger partial charge in [0.15, 0.2) is 5.01 Å². The topological polar surface area (TPSA) is 65.5 Å². The number of fused-ring (bicyclic) bond motifs is 1. The molecule has 1 fully saturated rings. The Bertz CT molecular complexity index is 805. The van der Waals surface area contributed by atoms with Crippen molar-refractivity contribution in [1.82, 2.24) is 20.1 Å². The van der Waals surface area contributed by atoms with Gasteiger partial charge in [0, 0.05) is 50.4 Å². The Balaban J connectivity index is 1.33. The number of carbonyl (C=O) groups excluding carboxylic acids is 2. The molecule has 3 heterocycles. The van der Waals surface area contributed by atoms with Crippen molar-refractivity contribution < 1.29 is 9.59 Å². The van der Waals surface area contributed by atoms with Gasteiger partial charge in [-0.15, -0.1) is 11.3 Å². The quantitative estimate of drug-likeness (QED) is 0.864. The molecule has 7 heteroatoms. The molecule has 148 valence electrons. The normalized spacial score (nSPS) is 17.0. The van der Waals surface area contributed by atoms with Crippen LogP contribution in [0.25, 0.3) is 0 Å². The number of hydrogen-bond acceptors (Lipinski definition) is 4. The summed E-state index contributed by atoms with van der Waals surface area (Å²) in [5.41, 5.74) is 2.08. The molecule has 4 rings (SSSR count). The summed E-state index contributed by atoms with van der Waals surface area (Å²) in [5.74, 6) is 0.0789. The van der Waals surface area contributed by atoms with Crippen molar-refractivity contribution in [1.29, 1.82) is 0 Å². The average molecular weight is 399 g/mol. The minimum Gasteiger partial charge on any atom is -0.337 e. The van der Waals surface area contributed by atoms with Gasteiger partial charge < -0.3 is 15.1 Å². The van der Waals surface area contributed by atoms with Crippen molar-refractivity contribution in [2.45, 2.75) is 38.6 Å². The zero-order chi connectivity index (χ0) is 19.3. The van der Waals surface area contributed by atoms with Crippen molar-refractivity contribution in [3.63, 3.8) is 0 Å². The predicted molar refractivity (Wildman–Crippen MR) is 110 cm³/mol. The van der Waals surface area contributed by atoms with E-state index in [-0.39, 0.29) is 11.9 Å². The zero-order valence-electron chi connectivity index (χ0n) is 16.0. The van der Waals surface area contributed by atoms with Gasteiger partial charge >= 0.3 is 6.03 Å². The maximum atomic E-state index is 12.7. The van der Waals surface area contributed by atoms with E-state index in [9.17, 15) is 9.59 Å². The average Bonchev–Trinajstić information content (AvgIpc) is 3.05. The standard InChI is InChI=1S/C21H26N4O2S/c26-20(24-11-5-2-6-12-24)19-23-17-9-13-25(14-10-18(17)28-19)21(27)22-15-16-7-3-1-4-8-16/h1,3-4,7-8H,2,5-6,9-15H2,(H,22,27). The predicted octanol–water partition coefficient (Wildman–Crippen LogP) is 3.08. The number of urea groups is 1. The van der Waals surface area contributed by atoms with Crippen LogP contribution in [0.4, 0.5) is 4.79 Å². The Hall–Kier alpha value is -2.41. The number of likely N-dealkylation sites (tertiary alicyclic amines) is 1. The third kappa shape index (κ3) is 4.35. The minimum atomic E-state index is -0.0383. The number of nitrogens with one attached hydrogen (secondary N) is 1. The summed E-state index contributed by atoms with van der Waals surface area (Å²) in [6.07, 6.45) is 4.85. The molecule has 1 N–H and O–H groups in total. The van der Waals surface area contributed by atoms with Gasteiger partial charge in [-0.25, -0.2) is 9.78 Å². The van der Waals surface area contributed by atoms with Gasteiger partial charge in [-0.05, 0) is 24.8 Å². The van der Waals surface area contributed by atoms with Crippen LogP contribution in [0.1, 0.15) is 45.2 Å². The fourth-order valence-corrected chi connectivity index (χ4v) is 4.84. The van der Waals surface area contributed by atoms with Crippen LogP contribution in [0.2, 0.25) is 0 Å². The molecule has 0 radical (unpaired) electrons. The van der Waals surface area contributed by atoms with Crippen molar-refractivity contribution in [2.75, 3.05) is 26.2 Å². The number of aromatic nitrogens is 1. The number of benzene rings is 1. The first kappa shape index (κ1) is 18.9. The van der Waals surface area contributed by atoms with Crippen molar-refractivity contribution in [3.8, 4) is 0 Å². The lowest BCUT2D eigenvalue weighted by Gasteiger charge is -2.25. The fourth-order valence-electron chi connectivity index (χ4n) is 3.78. The van der Waals surface area contributed by atoms with Gasteiger partial charge in [0.1, 0.15) is 0 Å². The van der Waals surface area contributed by atoms with Crippen LogP contribution < -0.4 is 5.32 Å². The van der Waals surface area contributed by atoms with Crippen LogP contribution in [0.3, 0.4) is 0 Å². The SMILES string of the molecule is O=C(NCc1ccccc1)N1CCc2nc(C(=O)N3CCCCC3)sc2CC1. The van der Waals surface area contributed by atoms with Crippen LogP contribution in [-0.2, 0) is 19.4 Å². The first-order valence-electron chi connectivity index (χ1n) is 10.1. The number of nitrogens with zero attached hydrogens (tertiary/aromatic N) is 3. The number of rotatable bonds is 3. The number of piperidine rings is 1. The molecular weight excluding hydrogens is 372 g/mol. The summed E-state index contributed by atoms with van der Waals surface area (Å²) in [7, 11) is 0. The lowest BCUT2D eigenvalue weighted by Crippen LogP contribution is -2.41.